The lowest BCUT2D eigenvalue weighted by Gasteiger charge is -2.02. The monoisotopic (exact) mass is 242 g/mol. The second kappa shape index (κ2) is 4.48. The van der Waals surface area contributed by atoms with Gasteiger partial charge in [0.25, 0.3) is 12.0 Å². The quantitative estimate of drug-likeness (QED) is 0.881. The van der Waals surface area contributed by atoms with E-state index >= 15 is 0 Å². The highest BCUT2D eigenvalue weighted by Crippen LogP contribution is 2.14. The summed E-state index contributed by atoms with van der Waals surface area (Å²) in [7, 11) is 0. The minimum Gasteiger partial charge on any atom is -0.294 e. The van der Waals surface area contributed by atoms with E-state index in [0.717, 1.165) is 10.7 Å². The maximum atomic E-state index is 12.9. The van der Waals surface area contributed by atoms with Crippen molar-refractivity contribution in [3.05, 3.63) is 57.8 Å². The molecule has 6 heteroatoms. The lowest BCUT2D eigenvalue weighted by molar-refractivity contribution is 0.145. The smallest absolute Gasteiger partial charge is 0.279 e. The van der Waals surface area contributed by atoms with E-state index in [2.05, 4.69) is 5.10 Å². The van der Waals surface area contributed by atoms with Gasteiger partial charge in [-0.3, -0.25) is 9.89 Å². The normalized spacial score (nSPS) is 11.1. The zero-order valence-electron chi connectivity index (χ0n) is 8.66. The minimum atomic E-state index is -2.73. The van der Waals surface area contributed by atoms with Gasteiger partial charge in [0.1, 0.15) is 11.5 Å². The van der Waals surface area contributed by atoms with E-state index in [1.807, 2.05) is 0 Å². The molecule has 90 valence electrons. The maximum Gasteiger partial charge on any atom is 0.279 e. The number of H-pyrrole nitrogens is 1. The van der Waals surface area contributed by atoms with Crippen LogP contribution in [0.3, 0.4) is 0 Å². The molecule has 0 atom stereocenters. The maximum absolute atomic E-state index is 12.9. The number of halogens is 3. The Morgan fingerprint density at radius 1 is 1.29 bits per heavy atom. The molecule has 0 amide bonds. The standard InChI is InChI=1S/C11H9F3N2O/c12-8-3-1-2-7(4-8)6-16-10(17)5-9(15-16)11(13)14/h1-5,11,15H,6H2. The molecule has 0 bridgehead atoms. The van der Waals surface area contributed by atoms with Crippen LogP contribution in [0.1, 0.15) is 17.7 Å². The van der Waals surface area contributed by atoms with Crippen LogP contribution in [-0.2, 0) is 6.54 Å². The fraction of sp³-hybridized carbons (Fsp3) is 0.182. The Hall–Kier alpha value is -1.98. The van der Waals surface area contributed by atoms with Crippen molar-refractivity contribution in [1.29, 1.82) is 0 Å². The molecule has 0 unspecified atom stereocenters. The van der Waals surface area contributed by atoms with Crippen LogP contribution in [-0.4, -0.2) is 9.78 Å². The molecule has 2 aromatic rings. The summed E-state index contributed by atoms with van der Waals surface area (Å²) in [5.41, 5.74) is -0.481. The number of benzene rings is 1. The lowest BCUT2D eigenvalue weighted by Crippen LogP contribution is -2.16. The molecule has 2 rings (SSSR count). The number of nitrogens with zero attached hydrogens (tertiary/aromatic N) is 1. The zero-order valence-corrected chi connectivity index (χ0v) is 8.66. The van der Waals surface area contributed by atoms with E-state index in [-0.39, 0.29) is 6.54 Å². The van der Waals surface area contributed by atoms with E-state index in [9.17, 15) is 18.0 Å². The summed E-state index contributed by atoms with van der Waals surface area (Å²) in [6.07, 6.45) is -2.73. The molecule has 0 aliphatic carbocycles. The van der Waals surface area contributed by atoms with Crippen molar-refractivity contribution in [2.75, 3.05) is 0 Å². The van der Waals surface area contributed by atoms with Crippen molar-refractivity contribution in [2.24, 2.45) is 0 Å². The summed E-state index contributed by atoms with van der Waals surface area (Å²) in [5, 5.41) is 2.28. The van der Waals surface area contributed by atoms with Gasteiger partial charge in [0, 0.05) is 6.07 Å². The number of aromatic nitrogens is 2. The molecule has 0 aliphatic rings. The number of hydrogen-bond donors (Lipinski definition) is 1. The van der Waals surface area contributed by atoms with Gasteiger partial charge in [-0.05, 0) is 17.7 Å². The van der Waals surface area contributed by atoms with E-state index in [1.54, 1.807) is 6.07 Å². The molecule has 1 N–H and O–H groups in total. The summed E-state index contributed by atoms with van der Waals surface area (Å²) >= 11 is 0. The highest BCUT2D eigenvalue weighted by molar-refractivity contribution is 5.16. The van der Waals surface area contributed by atoms with Crippen LogP contribution in [0.2, 0.25) is 0 Å². The number of hydrogen-bond acceptors (Lipinski definition) is 1. The van der Waals surface area contributed by atoms with Crippen LogP contribution in [0.5, 0.6) is 0 Å². The van der Waals surface area contributed by atoms with Gasteiger partial charge in [-0.1, -0.05) is 12.1 Å². The van der Waals surface area contributed by atoms with E-state index in [4.69, 9.17) is 0 Å². The van der Waals surface area contributed by atoms with Crippen molar-refractivity contribution in [2.45, 2.75) is 13.0 Å². The van der Waals surface area contributed by atoms with Gasteiger partial charge in [0.05, 0.1) is 6.54 Å². The molecule has 0 fully saturated rings. The van der Waals surface area contributed by atoms with E-state index < -0.39 is 23.5 Å². The molecular formula is C11H9F3N2O. The summed E-state index contributed by atoms with van der Waals surface area (Å²) in [6, 6.07) is 6.45. The predicted molar refractivity (Wildman–Crippen MR) is 55.5 cm³/mol. The molecule has 0 spiro atoms. The molecule has 0 radical (unpaired) electrons. The van der Waals surface area contributed by atoms with Crippen LogP contribution < -0.4 is 5.56 Å². The zero-order chi connectivity index (χ0) is 12.4. The third-order valence-electron chi connectivity index (χ3n) is 2.27. The summed E-state index contributed by atoms with van der Waals surface area (Å²) in [6.45, 7) is 0.0311. The van der Waals surface area contributed by atoms with Gasteiger partial charge >= 0.3 is 0 Å². The van der Waals surface area contributed by atoms with Gasteiger partial charge in [0.15, 0.2) is 0 Å². The predicted octanol–water partition coefficient (Wildman–Crippen LogP) is 2.30. The molecule has 0 saturated carbocycles. The molecular weight excluding hydrogens is 233 g/mol. The fourth-order valence-electron chi connectivity index (χ4n) is 1.50. The van der Waals surface area contributed by atoms with Gasteiger partial charge in [-0.2, -0.15) is 0 Å². The summed E-state index contributed by atoms with van der Waals surface area (Å²) in [5.74, 6) is -0.434. The summed E-state index contributed by atoms with van der Waals surface area (Å²) in [4.78, 5) is 11.3. The van der Waals surface area contributed by atoms with Crippen LogP contribution in [0.4, 0.5) is 13.2 Å². The Labute approximate surface area is 94.5 Å². The average Bonchev–Trinajstić information content (AvgIpc) is 2.61. The van der Waals surface area contributed by atoms with Crippen LogP contribution in [0.25, 0.3) is 0 Å². The van der Waals surface area contributed by atoms with Gasteiger partial charge in [-0.15, -0.1) is 0 Å². The first-order valence-electron chi connectivity index (χ1n) is 4.88. The van der Waals surface area contributed by atoms with Crippen LogP contribution >= 0.6 is 0 Å². The number of alkyl halides is 2. The van der Waals surface area contributed by atoms with Gasteiger partial charge in [0.2, 0.25) is 0 Å². The molecule has 1 aromatic carbocycles. The number of nitrogens with one attached hydrogen (secondary N) is 1. The third-order valence-corrected chi connectivity index (χ3v) is 2.27. The second-order valence-electron chi connectivity index (χ2n) is 3.57. The Morgan fingerprint density at radius 3 is 2.65 bits per heavy atom. The van der Waals surface area contributed by atoms with Crippen molar-refractivity contribution in [3.63, 3.8) is 0 Å². The Kier molecular flexibility index (Phi) is 3.03. The fourth-order valence-corrected chi connectivity index (χ4v) is 1.50. The number of rotatable bonds is 3. The van der Waals surface area contributed by atoms with Crippen LogP contribution in [0, 0.1) is 5.82 Å². The van der Waals surface area contributed by atoms with Crippen molar-refractivity contribution >= 4 is 0 Å². The molecule has 3 nitrogen and oxygen atoms in total. The van der Waals surface area contributed by atoms with Crippen LogP contribution in [0.15, 0.2) is 35.1 Å². The molecule has 1 aromatic heterocycles. The first-order valence-corrected chi connectivity index (χ1v) is 4.88. The molecule has 0 aliphatic heterocycles. The van der Waals surface area contributed by atoms with Gasteiger partial charge in [-0.25, -0.2) is 17.9 Å². The van der Waals surface area contributed by atoms with E-state index in [0.29, 0.717) is 5.56 Å². The highest BCUT2D eigenvalue weighted by atomic mass is 19.3. The summed E-state index contributed by atoms with van der Waals surface area (Å²) < 4.78 is 38.5. The second-order valence-corrected chi connectivity index (χ2v) is 3.57. The van der Waals surface area contributed by atoms with Crippen molar-refractivity contribution < 1.29 is 13.2 Å². The largest absolute Gasteiger partial charge is 0.294 e. The minimum absolute atomic E-state index is 0.0311. The topological polar surface area (TPSA) is 37.8 Å². The molecule has 17 heavy (non-hydrogen) atoms. The third kappa shape index (κ3) is 2.58. The van der Waals surface area contributed by atoms with Crippen molar-refractivity contribution in [3.8, 4) is 0 Å². The first kappa shape index (κ1) is 11.5. The Morgan fingerprint density at radius 2 is 2.06 bits per heavy atom. The molecule has 1 heterocycles. The molecule has 0 saturated heterocycles. The number of aromatic amines is 1. The lowest BCUT2D eigenvalue weighted by atomic mass is 10.2. The van der Waals surface area contributed by atoms with Gasteiger partial charge < -0.3 is 0 Å². The first-order chi connectivity index (χ1) is 8.06. The SMILES string of the molecule is O=c1cc(C(F)F)[nH]n1Cc1cccc(F)c1. The van der Waals surface area contributed by atoms with E-state index in [1.165, 1.54) is 18.2 Å². The Balaban J connectivity index is 2.27. The Bertz CT molecular complexity index is 574. The highest BCUT2D eigenvalue weighted by Gasteiger charge is 2.12. The van der Waals surface area contributed by atoms with Crippen molar-refractivity contribution in [1.82, 2.24) is 9.78 Å². The average molecular weight is 242 g/mol.